The summed E-state index contributed by atoms with van der Waals surface area (Å²) in [6.07, 6.45) is 3.97. The second-order valence-corrected chi connectivity index (χ2v) is 7.96. The summed E-state index contributed by atoms with van der Waals surface area (Å²) >= 11 is 0. The van der Waals surface area contributed by atoms with Crippen molar-refractivity contribution in [2.75, 3.05) is 19.0 Å². The Kier molecular flexibility index (Phi) is 6.83. The summed E-state index contributed by atoms with van der Waals surface area (Å²) in [6.45, 7) is 10.5. The molecule has 1 aliphatic heterocycles. The minimum Gasteiger partial charge on any atom is -0.493 e. The number of nitrogens with one attached hydrogen (secondary N) is 3. The Bertz CT molecular complexity index is 958. The Morgan fingerprint density at radius 1 is 1.35 bits per heavy atom. The highest BCUT2D eigenvalue weighted by Gasteiger charge is 2.45. The number of allylic oxidation sites excluding steroid dienone is 2. The summed E-state index contributed by atoms with van der Waals surface area (Å²) in [5, 5.41) is 15.1. The SMILES string of the molecule is C=C1NC(c2cc(NC3(C(=O)OC)CCC3)ccc2OCC)=NC(C(=N)CCC)=C1C. The molecule has 1 aromatic carbocycles. The maximum absolute atomic E-state index is 12.3. The summed E-state index contributed by atoms with van der Waals surface area (Å²) in [6, 6.07) is 5.70. The van der Waals surface area contributed by atoms with Crippen molar-refractivity contribution >= 4 is 23.2 Å². The molecule has 1 aromatic rings. The lowest BCUT2D eigenvalue weighted by Gasteiger charge is -2.40. The Labute approximate surface area is 184 Å². The highest BCUT2D eigenvalue weighted by molar-refractivity contribution is 6.09. The first kappa shape index (κ1) is 22.6. The van der Waals surface area contributed by atoms with Crippen LogP contribution in [0.3, 0.4) is 0 Å². The summed E-state index contributed by atoms with van der Waals surface area (Å²) in [5.41, 5.74) is 3.57. The fourth-order valence-corrected chi connectivity index (χ4v) is 3.85. The average molecular weight is 425 g/mol. The van der Waals surface area contributed by atoms with Crippen LogP contribution in [0.25, 0.3) is 0 Å². The van der Waals surface area contributed by atoms with Crippen LogP contribution in [-0.2, 0) is 9.53 Å². The van der Waals surface area contributed by atoms with Crippen molar-refractivity contribution in [1.29, 1.82) is 5.41 Å². The van der Waals surface area contributed by atoms with Gasteiger partial charge in [-0.1, -0.05) is 19.9 Å². The number of hydrogen-bond acceptors (Lipinski definition) is 7. The molecule has 3 N–H and O–H groups in total. The van der Waals surface area contributed by atoms with Crippen LogP contribution in [0.4, 0.5) is 5.69 Å². The second kappa shape index (κ2) is 9.37. The van der Waals surface area contributed by atoms with E-state index in [-0.39, 0.29) is 5.97 Å². The molecule has 0 aromatic heterocycles. The maximum Gasteiger partial charge on any atom is 0.331 e. The largest absolute Gasteiger partial charge is 0.493 e. The topological polar surface area (TPSA) is 95.8 Å². The molecule has 0 spiro atoms. The highest BCUT2D eigenvalue weighted by Crippen LogP contribution is 2.37. The Balaban J connectivity index is 2.01. The van der Waals surface area contributed by atoms with Gasteiger partial charge in [0.05, 0.1) is 30.7 Å². The molecule has 0 radical (unpaired) electrons. The van der Waals surface area contributed by atoms with Gasteiger partial charge in [0.1, 0.15) is 17.1 Å². The van der Waals surface area contributed by atoms with Gasteiger partial charge in [-0.15, -0.1) is 0 Å². The molecule has 166 valence electrons. The average Bonchev–Trinajstić information content (AvgIpc) is 2.73. The van der Waals surface area contributed by atoms with E-state index in [0.717, 1.165) is 42.5 Å². The van der Waals surface area contributed by atoms with Gasteiger partial charge < -0.3 is 25.5 Å². The minimum absolute atomic E-state index is 0.246. The normalized spacial score (nSPS) is 17.3. The van der Waals surface area contributed by atoms with Crippen LogP contribution in [0.1, 0.15) is 58.4 Å². The molecular formula is C24H32N4O3. The van der Waals surface area contributed by atoms with Crippen molar-refractivity contribution in [3.8, 4) is 5.75 Å². The summed E-state index contributed by atoms with van der Waals surface area (Å²) in [5.74, 6) is 1.01. The van der Waals surface area contributed by atoms with Crippen molar-refractivity contribution < 1.29 is 14.3 Å². The van der Waals surface area contributed by atoms with Gasteiger partial charge in [0.15, 0.2) is 0 Å². The maximum atomic E-state index is 12.3. The number of esters is 1. The number of nitrogens with zero attached hydrogens (tertiary/aromatic N) is 1. The fraction of sp³-hybridized carbons (Fsp3) is 0.458. The highest BCUT2D eigenvalue weighted by atomic mass is 16.5. The molecule has 2 aliphatic rings. The first-order valence-corrected chi connectivity index (χ1v) is 10.8. The minimum atomic E-state index is -0.685. The van der Waals surface area contributed by atoms with Crippen molar-refractivity contribution in [1.82, 2.24) is 5.32 Å². The lowest BCUT2D eigenvalue weighted by molar-refractivity contribution is -0.149. The number of amidine groups is 1. The van der Waals surface area contributed by atoms with Crippen LogP contribution in [0.5, 0.6) is 5.75 Å². The monoisotopic (exact) mass is 424 g/mol. The van der Waals surface area contributed by atoms with Gasteiger partial charge in [0, 0.05) is 11.4 Å². The van der Waals surface area contributed by atoms with Crippen molar-refractivity contribution in [3.05, 3.63) is 47.3 Å². The summed E-state index contributed by atoms with van der Waals surface area (Å²) in [4.78, 5) is 17.1. The molecule has 7 heteroatoms. The number of anilines is 1. The van der Waals surface area contributed by atoms with Gasteiger partial charge in [-0.3, -0.25) is 0 Å². The van der Waals surface area contributed by atoms with E-state index in [1.54, 1.807) is 0 Å². The number of methoxy groups -OCH3 is 1. The first-order chi connectivity index (χ1) is 14.8. The summed E-state index contributed by atoms with van der Waals surface area (Å²) < 4.78 is 10.9. The van der Waals surface area contributed by atoms with Gasteiger partial charge in [0.25, 0.3) is 0 Å². The number of rotatable bonds is 9. The third-order valence-electron chi connectivity index (χ3n) is 5.79. The smallest absolute Gasteiger partial charge is 0.331 e. The van der Waals surface area contributed by atoms with Crippen molar-refractivity contribution in [2.24, 2.45) is 4.99 Å². The number of ether oxygens (including phenoxy) is 2. The van der Waals surface area contributed by atoms with Crippen LogP contribution in [0.2, 0.25) is 0 Å². The molecule has 0 atom stereocenters. The van der Waals surface area contributed by atoms with Gasteiger partial charge in [-0.2, -0.15) is 0 Å². The predicted octanol–water partition coefficient (Wildman–Crippen LogP) is 4.55. The first-order valence-electron chi connectivity index (χ1n) is 10.8. The van der Waals surface area contributed by atoms with E-state index in [1.807, 2.05) is 39.0 Å². The van der Waals surface area contributed by atoms with Gasteiger partial charge in [-0.25, -0.2) is 9.79 Å². The van der Waals surface area contributed by atoms with E-state index in [1.165, 1.54) is 7.11 Å². The Morgan fingerprint density at radius 3 is 2.68 bits per heavy atom. The molecule has 0 amide bonds. The molecule has 1 aliphatic carbocycles. The van der Waals surface area contributed by atoms with Gasteiger partial charge in [0.2, 0.25) is 0 Å². The fourth-order valence-electron chi connectivity index (χ4n) is 3.85. The standard InChI is InChI=1S/C24H32N4O3/c1-6-9-19(25)21-15(3)16(4)26-22(27-21)18-14-17(10-11-20(18)31-7-2)28-24(12-8-13-24)23(29)30-5/h10-11,14,25,28H,4,6-9,12-13H2,1-3,5H3,(H,26,27). The van der Waals surface area contributed by atoms with Crippen LogP contribution in [-0.4, -0.2) is 36.8 Å². The number of hydrogen-bond donors (Lipinski definition) is 3. The zero-order valence-corrected chi connectivity index (χ0v) is 18.9. The van der Waals surface area contributed by atoms with Crippen LogP contribution in [0.15, 0.2) is 46.7 Å². The van der Waals surface area contributed by atoms with Gasteiger partial charge in [-0.05, 0) is 63.3 Å². The van der Waals surface area contributed by atoms with Gasteiger partial charge >= 0.3 is 5.97 Å². The number of carbonyl (C=O) groups excluding carboxylic acids is 1. The van der Waals surface area contributed by atoms with E-state index in [9.17, 15) is 4.79 Å². The number of benzene rings is 1. The lowest BCUT2D eigenvalue weighted by atomic mass is 9.76. The Morgan fingerprint density at radius 2 is 2.10 bits per heavy atom. The molecule has 3 rings (SSSR count). The van der Waals surface area contributed by atoms with E-state index in [2.05, 4.69) is 17.2 Å². The molecule has 1 saturated carbocycles. The molecule has 1 heterocycles. The predicted molar refractivity (Wildman–Crippen MR) is 124 cm³/mol. The Hall–Kier alpha value is -3.09. The molecular weight excluding hydrogens is 392 g/mol. The van der Waals surface area contributed by atoms with Crippen LogP contribution < -0.4 is 15.4 Å². The number of aliphatic imine (C=N–C) groups is 1. The van der Waals surface area contributed by atoms with E-state index >= 15 is 0 Å². The molecule has 0 bridgehead atoms. The molecule has 0 saturated heterocycles. The van der Waals surface area contributed by atoms with Crippen LogP contribution >= 0.6 is 0 Å². The zero-order valence-electron chi connectivity index (χ0n) is 18.9. The van der Waals surface area contributed by atoms with Crippen molar-refractivity contribution in [3.63, 3.8) is 0 Å². The third-order valence-corrected chi connectivity index (χ3v) is 5.79. The van der Waals surface area contributed by atoms with Crippen LogP contribution in [0, 0.1) is 5.41 Å². The summed E-state index contributed by atoms with van der Waals surface area (Å²) in [7, 11) is 1.42. The second-order valence-electron chi connectivity index (χ2n) is 7.96. The molecule has 31 heavy (non-hydrogen) atoms. The van der Waals surface area contributed by atoms with E-state index in [4.69, 9.17) is 19.9 Å². The third kappa shape index (κ3) is 4.50. The van der Waals surface area contributed by atoms with E-state index < -0.39 is 5.54 Å². The molecule has 1 fully saturated rings. The molecule has 0 unspecified atom stereocenters. The quantitative estimate of drug-likeness (QED) is 0.399. The lowest BCUT2D eigenvalue weighted by Crippen LogP contribution is -2.52. The zero-order chi connectivity index (χ0) is 22.6. The molecule has 7 nitrogen and oxygen atoms in total. The van der Waals surface area contributed by atoms with E-state index in [0.29, 0.717) is 41.7 Å². The number of carbonyl (C=O) groups is 1. The van der Waals surface area contributed by atoms with Crippen molar-refractivity contribution in [2.45, 2.75) is 58.4 Å².